The highest BCUT2D eigenvalue weighted by molar-refractivity contribution is 7.00. The van der Waals surface area contributed by atoms with Crippen LogP contribution in [-0.4, -0.2) is 25.3 Å². The first kappa shape index (κ1) is 14.0. The average Bonchev–Trinajstić information content (AvgIpc) is 2.97. The van der Waals surface area contributed by atoms with Crippen molar-refractivity contribution in [3.8, 4) is 0 Å². The van der Waals surface area contributed by atoms with Crippen LogP contribution in [0.1, 0.15) is 13.3 Å². The Morgan fingerprint density at radius 1 is 1.24 bits per heavy atom. The first-order chi connectivity index (χ1) is 10.3. The molecule has 0 aliphatic heterocycles. The molecule has 2 N–H and O–H groups in total. The summed E-state index contributed by atoms with van der Waals surface area (Å²) < 4.78 is 8.48. The number of benzene rings is 1. The lowest BCUT2D eigenvalue weighted by Gasteiger charge is -2.09. The van der Waals surface area contributed by atoms with Crippen molar-refractivity contribution in [3.05, 3.63) is 29.4 Å². The average molecular weight is 321 g/mol. The minimum Gasteiger partial charge on any atom is -0.354 e. The van der Waals surface area contributed by atoms with Gasteiger partial charge in [-0.15, -0.1) is 0 Å². The van der Waals surface area contributed by atoms with Gasteiger partial charge < -0.3 is 10.6 Å². The van der Waals surface area contributed by atoms with Crippen LogP contribution in [0.3, 0.4) is 0 Å². The van der Waals surface area contributed by atoms with Gasteiger partial charge in [-0.25, -0.2) is 4.98 Å². The van der Waals surface area contributed by atoms with Crippen LogP contribution in [0.4, 0.5) is 17.5 Å². The van der Waals surface area contributed by atoms with Gasteiger partial charge in [-0.1, -0.05) is 18.5 Å². The molecule has 0 spiro atoms. The number of halogens is 1. The van der Waals surface area contributed by atoms with Gasteiger partial charge in [0.1, 0.15) is 16.9 Å². The van der Waals surface area contributed by atoms with Crippen molar-refractivity contribution in [2.24, 2.45) is 0 Å². The highest BCUT2D eigenvalue weighted by Gasteiger charge is 2.11. The zero-order chi connectivity index (χ0) is 14.7. The molecule has 0 saturated carbocycles. The van der Waals surface area contributed by atoms with E-state index in [1.54, 1.807) is 18.3 Å². The molecule has 0 fully saturated rings. The van der Waals surface area contributed by atoms with Crippen molar-refractivity contribution in [2.45, 2.75) is 13.3 Å². The van der Waals surface area contributed by atoms with Crippen LogP contribution in [0.2, 0.25) is 5.02 Å². The van der Waals surface area contributed by atoms with Crippen molar-refractivity contribution >= 4 is 51.8 Å². The number of nitrogens with one attached hydrogen (secondary N) is 2. The summed E-state index contributed by atoms with van der Waals surface area (Å²) in [5.41, 5.74) is 2.27. The summed E-state index contributed by atoms with van der Waals surface area (Å²) in [6.45, 7) is 2.92. The molecule has 0 radical (unpaired) electrons. The zero-order valence-corrected chi connectivity index (χ0v) is 12.9. The molecule has 0 saturated heterocycles. The van der Waals surface area contributed by atoms with Gasteiger partial charge >= 0.3 is 0 Å². The first-order valence-corrected chi connectivity index (χ1v) is 7.63. The van der Waals surface area contributed by atoms with E-state index in [1.807, 2.05) is 6.07 Å². The third-order valence-corrected chi connectivity index (χ3v) is 3.68. The van der Waals surface area contributed by atoms with Gasteiger partial charge in [0.2, 0.25) is 5.95 Å². The summed E-state index contributed by atoms with van der Waals surface area (Å²) in [5.74, 6) is 1.24. The summed E-state index contributed by atoms with van der Waals surface area (Å²) in [7, 11) is 0. The zero-order valence-electron chi connectivity index (χ0n) is 11.3. The van der Waals surface area contributed by atoms with Crippen LogP contribution in [0.5, 0.6) is 0 Å². The van der Waals surface area contributed by atoms with Gasteiger partial charge in [0.05, 0.1) is 22.4 Å². The van der Waals surface area contributed by atoms with Crippen molar-refractivity contribution in [2.75, 3.05) is 17.2 Å². The Morgan fingerprint density at radius 3 is 3.00 bits per heavy atom. The predicted molar refractivity (Wildman–Crippen MR) is 86.5 cm³/mol. The standard InChI is InChI=1S/C13H13ClN6S/c1-2-6-15-13-16-7-5-10(18-13)17-11-8(14)3-4-9-12(11)20-21-19-9/h3-5,7H,2,6H2,1H3,(H2,15,16,17,18). The first-order valence-electron chi connectivity index (χ1n) is 6.52. The maximum absolute atomic E-state index is 6.25. The highest BCUT2D eigenvalue weighted by Crippen LogP contribution is 2.31. The fraction of sp³-hybridized carbons (Fsp3) is 0.231. The Hall–Kier alpha value is -1.99. The number of fused-ring (bicyclic) bond motifs is 1. The molecule has 3 rings (SSSR count). The molecule has 21 heavy (non-hydrogen) atoms. The van der Waals surface area contributed by atoms with Crippen LogP contribution in [0.25, 0.3) is 11.0 Å². The molecule has 3 aromatic rings. The number of hydrogen-bond acceptors (Lipinski definition) is 7. The molecule has 8 heteroatoms. The van der Waals surface area contributed by atoms with E-state index in [2.05, 4.69) is 36.3 Å². The highest BCUT2D eigenvalue weighted by atomic mass is 35.5. The molecule has 0 aliphatic rings. The molecule has 0 amide bonds. The number of aromatic nitrogens is 4. The van der Waals surface area contributed by atoms with Crippen LogP contribution < -0.4 is 10.6 Å². The smallest absolute Gasteiger partial charge is 0.224 e. The monoisotopic (exact) mass is 320 g/mol. The molecule has 2 aromatic heterocycles. The van der Waals surface area contributed by atoms with E-state index in [0.717, 1.165) is 35.7 Å². The Labute approximate surface area is 130 Å². The second-order valence-electron chi connectivity index (χ2n) is 4.37. The minimum absolute atomic E-state index is 0.580. The molecule has 108 valence electrons. The Bertz CT molecular complexity index is 759. The van der Waals surface area contributed by atoms with Crippen LogP contribution in [-0.2, 0) is 0 Å². The molecule has 0 unspecified atom stereocenters. The van der Waals surface area contributed by atoms with Crippen LogP contribution in [0, 0.1) is 0 Å². The predicted octanol–water partition coefficient (Wildman–Crippen LogP) is 3.70. The second-order valence-corrected chi connectivity index (χ2v) is 5.31. The SMILES string of the molecule is CCCNc1nccc(Nc2c(Cl)ccc3nsnc23)n1. The lowest BCUT2D eigenvalue weighted by atomic mass is 10.2. The summed E-state index contributed by atoms with van der Waals surface area (Å²) >= 11 is 7.41. The fourth-order valence-electron chi connectivity index (χ4n) is 1.82. The summed E-state index contributed by atoms with van der Waals surface area (Å²) in [4.78, 5) is 8.57. The topological polar surface area (TPSA) is 75.6 Å². The summed E-state index contributed by atoms with van der Waals surface area (Å²) in [5, 5.41) is 6.93. The molecule has 1 aromatic carbocycles. The Balaban J connectivity index is 1.91. The van der Waals surface area contributed by atoms with Crippen LogP contribution in [0.15, 0.2) is 24.4 Å². The number of hydrogen-bond donors (Lipinski definition) is 2. The van der Waals surface area contributed by atoms with Crippen molar-refractivity contribution < 1.29 is 0 Å². The molecule has 0 aliphatic carbocycles. The van der Waals surface area contributed by atoms with Gasteiger partial charge in [-0.05, 0) is 24.6 Å². The third-order valence-electron chi connectivity index (χ3n) is 2.82. The maximum atomic E-state index is 6.25. The quantitative estimate of drug-likeness (QED) is 0.746. The number of nitrogens with zero attached hydrogens (tertiary/aromatic N) is 4. The molecule has 2 heterocycles. The summed E-state index contributed by atoms with van der Waals surface area (Å²) in [6, 6.07) is 5.43. The van der Waals surface area contributed by atoms with Crippen molar-refractivity contribution in [1.29, 1.82) is 0 Å². The molecule has 0 bridgehead atoms. The van der Waals surface area contributed by atoms with Gasteiger partial charge in [0.15, 0.2) is 0 Å². The van der Waals surface area contributed by atoms with E-state index < -0.39 is 0 Å². The third kappa shape index (κ3) is 3.03. The normalized spacial score (nSPS) is 10.8. The summed E-state index contributed by atoms with van der Waals surface area (Å²) in [6.07, 6.45) is 2.71. The molecule has 0 atom stereocenters. The lowest BCUT2D eigenvalue weighted by Crippen LogP contribution is -2.05. The van der Waals surface area contributed by atoms with Gasteiger partial charge in [0.25, 0.3) is 0 Å². The van der Waals surface area contributed by atoms with Crippen molar-refractivity contribution in [1.82, 2.24) is 18.7 Å². The second kappa shape index (κ2) is 6.19. The van der Waals surface area contributed by atoms with Gasteiger partial charge in [-0.2, -0.15) is 13.7 Å². The van der Waals surface area contributed by atoms with Crippen LogP contribution >= 0.6 is 23.3 Å². The Kier molecular flexibility index (Phi) is 4.12. The van der Waals surface area contributed by atoms with E-state index in [0.29, 0.717) is 22.5 Å². The van der Waals surface area contributed by atoms with Gasteiger partial charge in [0, 0.05) is 12.7 Å². The molecular formula is C13H13ClN6S. The number of rotatable bonds is 5. The van der Waals surface area contributed by atoms with E-state index >= 15 is 0 Å². The lowest BCUT2D eigenvalue weighted by molar-refractivity contribution is 0.953. The molecule has 6 nitrogen and oxygen atoms in total. The van der Waals surface area contributed by atoms with E-state index in [-0.39, 0.29) is 0 Å². The van der Waals surface area contributed by atoms with E-state index in [4.69, 9.17) is 11.6 Å². The molecular weight excluding hydrogens is 308 g/mol. The van der Waals surface area contributed by atoms with Gasteiger partial charge in [-0.3, -0.25) is 0 Å². The largest absolute Gasteiger partial charge is 0.354 e. The van der Waals surface area contributed by atoms with Crippen molar-refractivity contribution in [3.63, 3.8) is 0 Å². The van der Waals surface area contributed by atoms with E-state index in [1.165, 1.54) is 0 Å². The van der Waals surface area contributed by atoms with E-state index in [9.17, 15) is 0 Å². The number of anilines is 3. The fourth-order valence-corrected chi connectivity index (χ4v) is 2.57. The minimum atomic E-state index is 0.580. The Morgan fingerprint density at radius 2 is 2.14 bits per heavy atom. The maximum Gasteiger partial charge on any atom is 0.224 e.